The lowest BCUT2D eigenvalue weighted by Crippen LogP contribution is -2.31. The van der Waals surface area contributed by atoms with Crippen LogP contribution in [-0.4, -0.2) is 33.9 Å². The predicted molar refractivity (Wildman–Crippen MR) is 124 cm³/mol. The van der Waals surface area contributed by atoms with Crippen molar-refractivity contribution >= 4 is 16.7 Å². The molecule has 0 aliphatic heterocycles. The molecule has 0 atom stereocenters. The minimum atomic E-state index is -0.292. The Labute approximate surface area is 190 Å². The maximum Gasteiger partial charge on any atom is 0.274 e. The summed E-state index contributed by atoms with van der Waals surface area (Å²) in [7, 11) is 0. The summed E-state index contributed by atoms with van der Waals surface area (Å²) in [6.07, 6.45) is 3.37. The highest BCUT2D eigenvalue weighted by molar-refractivity contribution is 5.84. The second-order valence-corrected chi connectivity index (χ2v) is 7.29. The molecule has 0 saturated carbocycles. The van der Waals surface area contributed by atoms with Crippen molar-refractivity contribution in [1.29, 1.82) is 0 Å². The fourth-order valence-corrected chi connectivity index (χ4v) is 3.39. The first-order valence-electron chi connectivity index (χ1n) is 10.6. The maximum absolute atomic E-state index is 12.9. The Balaban J connectivity index is 1.45. The first-order valence-corrected chi connectivity index (χ1v) is 10.6. The molecule has 0 radical (unpaired) electrons. The van der Waals surface area contributed by atoms with E-state index in [4.69, 9.17) is 9.47 Å². The van der Waals surface area contributed by atoms with Crippen LogP contribution in [0, 0.1) is 0 Å². The van der Waals surface area contributed by atoms with E-state index in [0.29, 0.717) is 35.4 Å². The summed E-state index contributed by atoms with van der Waals surface area (Å²) in [4.78, 5) is 29.4. The Morgan fingerprint density at radius 3 is 2.39 bits per heavy atom. The zero-order valence-electron chi connectivity index (χ0n) is 18.2. The van der Waals surface area contributed by atoms with Crippen molar-refractivity contribution < 1.29 is 14.3 Å². The van der Waals surface area contributed by atoms with E-state index < -0.39 is 0 Å². The molecule has 0 aliphatic carbocycles. The largest absolute Gasteiger partial charge is 0.494 e. The van der Waals surface area contributed by atoms with Crippen LogP contribution in [0.3, 0.4) is 0 Å². The molecule has 168 valence electrons. The normalized spacial score (nSPS) is 10.7. The molecule has 2 aromatic heterocycles. The summed E-state index contributed by atoms with van der Waals surface area (Å²) in [5, 5.41) is 8.60. The van der Waals surface area contributed by atoms with E-state index in [2.05, 4.69) is 15.4 Å². The molecule has 4 rings (SSSR count). The van der Waals surface area contributed by atoms with Gasteiger partial charge in [-0.05, 0) is 48.9 Å². The van der Waals surface area contributed by atoms with Crippen LogP contribution in [0.4, 0.5) is 0 Å². The average molecular weight is 444 g/mol. The van der Waals surface area contributed by atoms with Crippen LogP contribution < -0.4 is 20.3 Å². The quantitative estimate of drug-likeness (QED) is 0.427. The topological polar surface area (TPSA) is 95.3 Å². The number of rotatable bonds is 9. The monoisotopic (exact) mass is 444 g/mol. The van der Waals surface area contributed by atoms with E-state index in [1.165, 1.54) is 4.68 Å². The van der Waals surface area contributed by atoms with E-state index in [9.17, 15) is 9.59 Å². The number of carbonyl (C=O) groups excluding carboxylic acids is 1. The molecule has 4 aromatic rings. The summed E-state index contributed by atoms with van der Waals surface area (Å²) in [5.74, 6) is 1.02. The maximum atomic E-state index is 12.9. The first kappa shape index (κ1) is 22.0. The van der Waals surface area contributed by atoms with Gasteiger partial charge in [-0.25, -0.2) is 4.68 Å². The number of amides is 1. The Bertz CT molecular complexity index is 1290. The van der Waals surface area contributed by atoms with Gasteiger partial charge in [0.25, 0.3) is 11.5 Å². The zero-order chi connectivity index (χ0) is 23.0. The fourth-order valence-electron chi connectivity index (χ4n) is 3.39. The summed E-state index contributed by atoms with van der Waals surface area (Å²) < 4.78 is 12.3. The smallest absolute Gasteiger partial charge is 0.274 e. The van der Waals surface area contributed by atoms with Crippen LogP contribution in [0.1, 0.15) is 18.2 Å². The predicted octanol–water partition coefficient (Wildman–Crippen LogP) is 2.93. The molecule has 0 fully saturated rings. The van der Waals surface area contributed by atoms with Crippen molar-refractivity contribution in [1.82, 2.24) is 20.1 Å². The number of carbonyl (C=O) groups is 1. The molecule has 0 saturated heterocycles. The van der Waals surface area contributed by atoms with Crippen LogP contribution in [-0.2, 0) is 17.9 Å². The summed E-state index contributed by atoms with van der Waals surface area (Å²) in [6.45, 7) is 2.82. The van der Waals surface area contributed by atoms with Gasteiger partial charge in [-0.15, -0.1) is 0 Å². The average Bonchev–Trinajstić information content (AvgIpc) is 2.85. The Kier molecular flexibility index (Phi) is 6.94. The lowest BCUT2D eigenvalue weighted by Gasteiger charge is -2.12. The van der Waals surface area contributed by atoms with Crippen LogP contribution in [0.25, 0.3) is 10.8 Å². The van der Waals surface area contributed by atoms with Gasteiger partial charge in [0.2, 0.25) is 0 Å². The number of benzene rings is 2. The van der Waals surface area contributed by atoms with Crippen LogP contribution in [0.15, 0.2) is 77.9 Å². The molecule has 0 aliphatic rings. The Morgan fingerprint density at radius 1 is 0.970 bits per heavy atom. The van der Waals surface area contributed by atoms with Crippen molar-refractivity contribution in [3.05, 3.63) is 94.7 Å². The van der Waals surface area contributed by atoms with Crippen molar-refractivity contribution in [3.8, 4) is 11.5 Å². The third-order valence-electron chi connectivity index (χ3n) is 4.96. The lowest BCUT2D eigenvalue weighted by atomic mass is 10.1. The second kappa shape index (κ2) is 10.4. The number of aromatic nitrogens is 3. The van der Waals surface area contributed by atoms with Gasteiger partial charge in [-0.3, -0.25) is 14.6 Å². The molecule has 2 aromatic carbocycles. The van der Waals surface area contributed by atoms with Gasteiger partial charge in [0.05, 0.1) is 30.8 Å². The van der Waals surface area contributed by atoms with Gasteiger partial charge in [0.15, 0.2) is 6.61 Å². The molecule has 1 amide bonds. The standard InChI is InChI=1S/C25H24N4O4/c1-2-32-19-9-11-20(12-10-19)33-17-24(30)27-15-23-21-7-3-4-8-22(21)25(31)29(28-23)16-18-6-5-13-26-14-18/h3-14H,2,15-17H2,1H3,(H,27,30). The van der Waals surface area contributed by atoms with E-state index >= 15 is 0 Å². The molecule has 8 nitrogen and oxygen atoms in total. The zero-order valence-corrected chi connectivity index (χ0v) is 18.2. The SMILES string of the molecule is CCOc1ccc(OCC(=O)NCc2nn(Cc3cccnc3)c(=O)c3ccccc23)cc1. The molecule has 2 heterocycles. The number of nitrogens with one attached hydrogen (secondary N) is 1. The van der Waals surface area contributed by atoms with E-state index in [0.717, 1.165) is 11.3 Å². The number of ether oxygens (including phenoxy) is 2. The van der Waals surface area contributed by atoms with Crippen molar-refractivity contribution in [3.63, 3.8) is 0 Å². The molecule has 33 heavy (non-hydrogen) atoms. The van der Waals surface area contributed by atoms with E-state index in [1.807, 2.05) is 37.3 Å². The number of nitrogens with zero attached hydrogens (tertiary/aromatic N) is 3. The number of pyridine rings is 1. The Hall–Kier alpha value is -4.20. The second-order valence-electron chi connectivity index (χ2n) is 7.29. The minimum Gasteiger partial charge on any atom is -0.494 e. The summed E-state index contributed by atoms with van der Waals surface area (Å²) >= 11 is 0. The number of hydrogen-bond acceptors (Lipinski definition) is 6. The molecular formula is C25H24N4O4. The summed E-state index contributed by atoms with van der Waals surface area (Å²) in [5.41, 5.74) is 1.27. The van der Waals surface area contributed by atoms with Crippen molar-refractivity contribution in [2.75, 3.05) is 13.2 Å². The molecule has 0 unspecified atom stereocenters. The third-order valence-corrected chi connectivity index (χ3v) is 4.96. The molecular weight excluding hydrogens is 420 g/mol. The van der Waals surface area contributed by atoms with Gasteiger partial charge in [-0.2, -0.15) is 5.10 Å². The number of hydrogen-bond donors (Lipinski definition) is 1. The highest BCUT2D eigenvalue weighted by Crippen LogP contribution is 2.17. The van der Waals surface area contributed by atoms with Crippen molar-refractivity contribution in [2.45, 2.75) is 20.0 Å². The van der Waals surface area contributed by atoms with Gasteiger partial charge in [0, 0.05) is 17.8 Å². The molecule has 8 heteroatoms. The van der Waals surface area contributed by atoms with E-state index in [-0.39, 0.29) is 24.6 Å². The van der Waals surface area contributed by atoms with Crippen molar-refractivity contribution in [2.24, 2.45) is 0 Å². The van der Waals surface area contributed by atoms with Gasteiger partial charge >= 0.3 is 0 Å². The van der Waals surface area contributed by atoms with Gasteiger partial charge < -0.3 is 14.8 Å². The molecule has 0 spiro atoms. The summed E-state index contributed by atoms with van der Waals surface area (Å²) in [6, 6.07) is 18.0. The molecule has 0 bridgehead atoms. The van der Waals surface area contributed by atoms with Crippen LogP contribution in [0.2, 0.25) is 0 Å². The van der Waals surface area contributed by atoms with Crippen LogP contribution in [0.5, 0.6) is 11.5 Å². The van der Waals surface area contributed by atoms with E-state index in [1.54, 1.807) is 42.7 Å². The van der Waals surface area contributed by atoms with Gasteiger partial charge in [-0.1, -0.05) is 24.3 Å². The molecule has 1 N–H and O–H groups in total. The highest BCUT2D eigenvalue weighted by Gasteiger charge is 2.12. The van der Waals surface area contributed by atoms with Crippen LogP contribution >= 0.6 is 0 Å². The number of fused-ring (bicyclic) bond motifs is 1. The minimum absolute atomic E-state index is 0.138. The fraction of sp³-hybridized carbons (Fsp3) is 0.200. The first-order chi connectivity index (χ1) is 16.1. The highest BCUT2D eigenvalue weighted by atomic mass is 16.5. The third kappa shape index (κ3) is 5.54. The lowest BCUT2D eigenvalue weighted by molar-refractivity contribution is -0.123. The van der Waals surface area contributed by atoms with Gasteiger partial charge in [0.1, 0.15) is 11.5 Å². The Morgan fingerprint density at radius 2 is 1.70 bits per heavy atom.